The van der Waals surface area contributed by atoms with Crippen molar-refractivity contribution in [3.63, 3.8) is 0 Å². The van der Waals surface area contributed by atoms with Crippen LogP contribution in [-0.2, 0) is 0 Å². The highest BCUT2D eigenvalue weighted by molar-refractivity contribution is 6.01. The van der Waals surface area contributed by atoms with Gasteiger partial charge < -0.3 is 10.5 Å². The van der Waals surface area contributed by atoms with E-state index in [0.29, 0.717) is 22.8 Å². The largest absolute Gasteiger partial charge is 0.496 e. The number of carbonyl (C=O) groups is 1. The maximum Gasteiger partial charge on any atom is 0.249 e. The van der Waals surface area contributed by atoms with Gasteiger partial charge in [-0.25, -0.2) is 0 Å². The molecule has 0 atom stereocenters. The molecule has 1 saturated carbocycles. The van der Waals surface area contributed by atoms with Crippen molar-refractivity contribution in [1.82, 2.24) is 4.98 Å². The van der Waals surface area contributed by atoms with Gasteiger partial charge in [0, 0.05) is 6.20 Å². The van der Waals surface area contributed by atoms with Gasteiger partial charge in [-0.05, 0) is 48.6 Å². The van der Waals surface area contributed by atoms with Gasteiger partial charge in [0.1, 0.15) is 5.75 Å². The van der Waals surface area contributed by atoms with E-state index in [2.05, 4.69) is 4.98 Å². The van der Waals surface area contributed by atoms with E-state index < -0.39 is 5.91 Å². The van der Waals surface area contributed by atoms with E-state index >= 15 is 0 Å². The van der Waals surface area contributed by atoms with Gasteiger partial charge in [-0.3, -0.25) is 9.78 Å². The Morgan fingerprint density at radius 3 is 2.80 bits per heavy atom. The van der Waals surface area contributed by atoms with Crippen molar-refractivity contribution in [2.45, 2.75) is 18.8 Å². The Kier molecular flexibility index (Phi) is 3.14. The summed E-state index contributed by atoms with van der Waals surface area (Å²) >= 11 is 0. The normalized spacial score (nSPS) is 14.1. The number of nitrogens with two attached hydrogens (primary N) is 1. The number of primary amides is 1. The predicted molar refractivity (Wildman–Crippen MR) is 76.7 cm³/mol. The summed E-state index contributed by atoms with van der Waals surface area (Å²) in [4.78, 5) is 16.0. The standard InChI is InChI=1S/C16H16N2O2/c1-20-14-4-2-3-12(16(17)19)15(14)13-9-11(7-8-18-13)10-5-6-10/h2-4,7-10H,5-6H2,1H3,(H2,17,19). The first kappa shape index (κ1) is 12.7. The maximum absolute atomic E-state index is 11.6. The Bertz CT molecular complexity index is 663. The molecule has 1 aliphatic rings. The van der Waals surface area contributed by atoms with Crippen LogP contribution in [0.2, 0.25) is 0 Å². The van der Waals surface area contributed by atoms with Gasteiger partial charge in [-0.15, -0.1) is 0 Å². The van der Waals surface area contributed by atoms with E-state index in [-0.39, 0.29) is 0 Å². The Hall–Kier alpha value is -2.36. The van der Waals surface area contributed by atoms with Crippen molar-refractivity contribution in [2.24, 2.45) is 5.73 Å². The Morgan fingerprint density at radius 2 is 2.15 bits per heavy atom. The molecule has 1 fully saturated rings. The Balaban J connectivity index is 2.16. The fourth-order valence-electron chi connectivity index (χ4n) is 2.42. The van der Waals surface area contributed by atoms with Crippen LogP contribution in [0.15, 0.2) is 36.5 Å². The first-order valence-electron chi connectivity index (χ1n) is 6.64. The van der Waals surface area contributed by atoms with Crippen LogP contribution in [0.25, 0.3) is 11.3 Å². The van der Waals surface area contributed by atoms with Gasteiger partial charge >= 0.3 is 0 Å². The lowest BCUT2D eigenvalue weighted by Crippen LogP contribution is -2.13. The van der Waals surface area contributed by atoms with Crippen molar-refractivity contribution < 1.29 is 9.53 Å². The Morgan fingerprint density at radius 1 is 1.35 bits per heavy atom. The third-order valence-corrected chi connectivity index (χ3v) is 3.60. The highest BCUT2D eigenvalue weighted by Gasteiger charge is 2.25. The quantitative estimate of drug-likeness (QED) is 0.927. The molecule has 3 rings (SSSR count). The van der Waals surface area contributed by atoms with E-state index in [1.807, 2.05) is 18.2 Å². The summed E-state index contributed by atoms with van der Waals surface area (Å²) in [5.41, 5.74) is 8.57. The molecule has 102 valence electrons. The molecule has 0 aliphatic heterocycles. The number of amides is 1. The molecule has 0 bridgehead atoms. The van der Waals surface area contributed by atoms with Crippen molar-refractivity contribution in [2.75, 3.05) is 7.11 Å². The number of pyridine rings is 1. The number of ether oxygens (including phenoxy) is 1. The first-order chi connectivity index (χ1) is 9.70. The number of benzene rings is 1. The smallest absolute Gasteiger partial charge is 0.249 e. The summed E-state index contributed by atoms with van der Waals surface area (Å²) in [7, 11) is 1.58. The molecule has 1 aromatic heterocycles. The van der Waals surface area contributed by atoms with Crippen LogP contribution < -0.4 is 10.5 Å². The lowest BCUT2D eigenvalue weighted by Gasteiger charge is -2.12. The molecular formula is C16H16N2O2. The molecule has 2 N–H and O–H groups in total. The number of carbonyl (C=O) groups excluding carboxylic acids is 1. The van der Waals surface area contributed by atoms with Crippen LogP contribution in [0.4, 0.5) is 0 Å². The van der Waals surface area contributed by atoms with Crippen molar-refractivity contribution in [3.8, 4) is 17.0 Å². The fraction of sp³-hybridized carbons (Fsp3) is 0.250. The lowest BCUT2D eigenvalue weighted by atomic mass is 10.00. The number of nitrogens with zero attached hydrogens (tertiary/aromatic N) is 1. The molecule has 4 heteroatoms. The first-order valence-corrected chi connectivity index (χ1v) is 6.64. The fourth-order valence-corrected chi connectivity index (χ4v) is 2.42. The minimum absolute atomic E-state index is 0.435. The lowest BCUT2D eigenvalue weighted by molar-refractivity contribution is 0.100. The zero-order valence-electron chi connectivity index (χ0n) is 11.3. The third kappa shape index (κ3) is 2.25. The second-order valence-electron chi connectivity index (χ2n) is 5.00. The van der Waals surface area contributed by atoms with E-state index in [0.717, 1.165) is 5.69 Å². The summed E-state index contributed by atoms with van der Waals surface area (Å²) in [6.07, 6.45) is 4.22. The molecule has 0 unspecified atom stereocenters. The number of hydrogen-bond acceptors (Lipinski definition) is 3. The van der Waals surface area contributed by atoms with Gasteiger partial charge in [-0.2, -0.15) is 0 Å². The molecule has 1 heterocycles. The highest BCUT2D eigenvalue weighted by atomic mass is 16.5. The average Bonchev–Trinajstić information content (AvgIpc) is 3.31. The van der Waals surface area contributed by atoms with Gasteiger partial charge in [0.05, 0.1) is 23.9 Å². The van der Waals surface area contributed by atoms with Gasteiger partial charge in [-0.1, -0.05) is 6.07 Å². The van der Waals surface area contributed by atoms with Crippen LogP contribution in [-0.4, -0.2) is 18.0 Å². The zero-order valence-corrected chi connectivity index (χ0v) is 11.3. The van der Waals surface area contributed by atoms with Crippen LogP contribution in [0.5, 0.6) is 5.75 Å². The van der Waals surface area contributed by atoms with Crippen LogP contribution in [0.1, 0.15) is 34.7 Å². The average molecular weight is 268 g/mol. The van der Waals surface area contributed by atoms with E-state index in [9.17, 15) is 4.79 Å². The van der Waals surface area contributed by atoms with Crippen molar-refractivity contribution in [3.05, 3.63) is 47.7 Å². The summed E-state index contributed by atoms with van der Waals surface area (Å²) in [5.74, 6) is 0.766. The Labute approximate surface area is 117 Å². The van der Waals surface area contributed by atoms with Crippen molar-refractivity contribution in [1.29, 1.82) is 0 Å². The minimum Gasteiger partial charge on any atom is -0.496 e. The highest BCUT2D eigenvalue weighted by Crippen LogP contribution is 2.41. The molecule has 0 saturated heterocycles. The van der Waals surface area contributed by atoms with Crippen LogP contribution in [0, 0.1) is 0 Å². The SMILES string of the molecule is COc1cccc(C(N)=O)c1-c1cc(C2CC2)ccn1. The number of methoxy groups -OCH3 is 1. The van der Waals surface area contributed by atoms with Crippen LogP contribution >= 0.6 is 0 Å². The summed E-state index contributed by atoms with van der Waals surface area (Å²) in [6.45, 7) is 0. The monoisotopic (exact) mass is 268 g/mol. The maximum atomic E-state index is 11.6. The van der Waals surface area contributed by atoms with E-state index in [4.69, 9.17) is 10.5 Å². The van der Waals surface area contributed by atoms with Crippen molar-refractivity contribution >= 4 is 5.91 Å². The molecule has 0 spiro atoms. The van der Waals surface area contributed by atoms with Gasteiger partial charge in [0.15, 0.2) is 0 Å². The second kappa shape index (κ2) is 4.96. The topological polar surface area (TPSA) is 65.2 Å². The second-order valence-corrected chi connectivity index (χ2v) is 5.00. The number of hydrogen-bond donors (Lipinski definition) is 1. The number of rotatable bonds is 4. The zero-order chi connectivity index (χ0) is 14.1. The summed E-state index contributed by atoms with van der Waals surface area (Å²) in [5, 5.41) is 0. The molecule has 1 aliphatic carbocycles. The molecule has 1 amide bonds. The summed E-state index contributed by atoms with van der Waals surface area (Å²) in [6, 6.07) is 9.33. The predicted octanol–water partition coefficient (Wildman–Crippen LogP) is 2.73. The summed E-state index contributed by atoms with van der Waals surface area (Å²) < 4.78 is 5.36. The third-order valence-electron chi connectivity index (χ3n) is 3.60. The molecule has 1 aromatic carbocycles. The molecular weight excluding hydrogens is 252 g/mol. The molecule has 4 nitrogen and oxygen atoms in total. The van der Waals surface area contributed by atoms with Gasteiger partial charge in [0.25, 0.3) is 0 Å². The van der Waals surface area contributed by atoms with Crippen LogP contribution in [0.3, 0.4) is 0 Å². The number of aromatic nitrogens is 1. The molecule has 2 aromatic rings. The van der Waals surface area contributed by atoms with E-state index in [1.165, 1.54) is 18.4 Å². The molecule has 0 radical (unpaired) electrons. The van der Waals surface area contributed by atoms with E-state index in [1.54, 1.807) is 25.4 Å². The molecule has 20 heavy (non-hydrogen) atoms. The minimum atomic E-state index is -0.475. The van der Waals surface area contributed by atoms with Gasteiger partial charge in [0.2, 0.25) is 5.91 Å².